The average molecular weight is 372 g/mol. The van der Waals surface area contributed by atoms with Crippen LogP contribution in [-0.2, 0) is 11.3 Å². The molecule has 2 aromatic carbocycles. The van der Waals surface area contributed by atoms with Crippen LogP contribution < -0.4 is 15.4 Å². The number of amides is 1. The zero-order valence-electron chi connectivity index (χ0n) is 14.5. The summed E-state index contributed by atoms with van der Waals surface area (Å²) >= 11 is 0. The molecule has 0 saturated carbocycles. The van der Waals surface area contributed by atoms with E-state index in [0.29, 0.717) is 6.54 Å². The molecular weight excluding hydrogens is 350 g/mol. The first kappa shape index (κ1) is 19.6. The van der Waals surface area contributed by atoms with Gasteiger partial charge in [-0.25, -0.2) is 0 Å². The van der Waals surface area contributed by atoms with E-state index in [1.54, 1.807) is 7.11 Å². The minimum absolute atomic E-state index is 0. The van der Waals surface area contributed by atoms with Gasteiger partial charge in [0.2, 0.25) is 5.91 Å². The SMILES string of the molecule is COc1ccccc1CNCC(=O)Nc1ccccc1-n1cccc1.Cl. The van der Waals surface area contributed by atoms with Crippen molar-refractivity contribution in [2.24, 2.45) is 0 Å². The van der Waals surface area contributed by atoms with Crippen LogP contribution in [0.5, 0.6) is 5.75 Å². The van der Waals surface area contributed by atoms with Crippen LogP contribution in [0.1, 0.15) is 5.56 Å². The molecule has 1 amide bonds. The number of nitrogens with zero attached hydrogens (tertiary/aromatic N) is 1. The Labute approximate surface area is 159 Å². The first-order chi connectivity index (χ1) is 12.3. The van der Waals surface area contributed by atoms with E-state index in [4.69, 9.17) is 4.74 Å². The highest BCUT2D eigenvalue weighted by atomic mass is 35.5. The molecule has 0 bridgehead atoms. The van der Waals surface area contributed by atoms with Crippen LogP contribution in [0.25, 0.3) is 5.69 Å². The maximum atomic E-state index is 12.3. The van der Waals surface area contributed by atoms with E-state index in [1.807, 2.05) is 77.6 Å². The Morgan fingerprint density at radius 1 is 1.00 bits per heavy atom. The molecule has 0 aliphatic heterocycles. The number of carbonyl (C=O) groups excluding carboxylic acids is 1. The fraction of sp³-hybridized carbons (Fsp3) is 0.150. The molecule has 0 aliphatic carbocycles. The van der Waals surface area contributed by atoms with Crippen LogP contribution in [0.3, 0.4) is 0 Å². The van der Waals surface area contributed by atoms with Crippen LogP contribution in [0, 0.1) is 0 Å². The highest BCUT2D eigenvalue weighted by molar-refractivity contribution is 5.94. The second-order valence-corrected chi connectivity index (χ2v) is 5.57. The molecule has 26 heavy (non-hydrogen) atoms. The van der Waals surface area contributed by atoms with E-state index in [9.17, 15) is 4.79 Å². The molecule has 0 spiro atoms. The Balaban J connectivity index is 0.00000243. The van der Waals surface area contributed by atoms with Crippen molar-refractivity contribution < 1.29 is 9.53 Å². The smallest absolute Gasteiger partial charge is 0.238 e. The maximum absolute atomic E-state index is 12.3. The van der Waals surface area contributed by atoms with E-state index >= 15 is 0 Å². The third-order valence-electron chi connectivity index (χ3n) is 3.85. The molecule has 0 unspecified atom stereocenters. The lowest BCUT2D eigenvalue weighted by molar-refractivity contribution is -0.115. The van der Waals surface area contributed by atoms with E-state index in [-0.39, 0.29) is 24.9 Å². The van der Waals surface area contributed by atoms with Crippen molar-refractivity contribution >= 4 is 24.0 Å². The lowest BCUT2D eigenvalue weighted by Gasteiger charge is -2.13. The predicted molar refractivity (Wildman–Crippen MR) is 106 cm³/mol. The van der Waals surface area contributed by atoms with Gasteiger partial charge in [-0.2, -0.15) is 0 Å². The number of anilines is 1. The van der Waals surface area contributed by atoms with Crippen molar-refractivity contribution in [1.82, 2.24) is 9.88 Å². The fourth-order valence-corrected chi connectivity index (χ4v) is 2.65. The van der Waals surface area contributed by atoms with Crippen molar-refractivity contribution in [2.45, 2.75) is 6.54 Å². The normalized spacial score (nSPS) is 10.0. The zero-order chi connectivity index (χ0) is 17.5. The maximum Gasteiger partial charge on any atom is 0.238 e. The Hall–Kier alpha value is -2.76. The standard InChI is InChI=1S/C20H21N3O2.ClH/c1-25-19-11-5-2-8-16(19)14-21-15-20(24)22-17-9-3-4-10-18(17)23-12-6-7-13-23;/h2-13,21H,14-15H2,1H3,(H,22,24);1H. The van der Waals surface area contributed by atoms with Crippen molar-refractivity contribution in [3.8, 4) is 11.4 Å². The van der Waals surface area contributed by atoms with Crippen LogP contribution in [0.2, 0.25) is 0 Å². The van der Waals surface area contributed by atoms with Crippen LogP contribution >= 0.6 is 12.4 Å². The van der Waals surface area contributed by atoms with E-state index < -0.39 is 0 Å². The molecule has 3 aromatic rings. The Morgan fingerprint density at radius 2 is 1.69 bits per heavy atom. The first-order valence-corrected chi connectivity index (χ1v) is 8.13. The summed E-state index contributed by atoms with van der Waals surface area (Å²) < 4.78 is 7.28. The number of methoxy groups -OCH3 is 1. The second-order valence-electron chi connectivity index (χ2n) is 5.57. The largest absolute Gasteiger partial charge is 0.496 e. The summed E-state index contributed by atoms with van der Waals surface area (Å²) in [5.74, 6) is 0.725. The number of ether oxygens (including phenoxy) is 1. The molecule has 1 heterocycles. The summed E-state index contributed by atoms with van der Waals surface area (Å²) in [5, 5.41) is 6.11. The van der Waals surface area contributed by atoms with Crippen LogP contribution in [0.4, 0.5) is 5.69 Å². The minimum atomic E-state index is -0.0884. The number of nitrogens with one attached hydrogen (secondary N) is 2. The fourth-order valence-electron chi connectivity index (χ4n) is 2.65. The number of carbonyl (C=O) groups is 1. The van der Waals surface area contributed by atoms with Gasteiger partial charge in [0.05, 0.1) is 25.0 Å². The Bertz CT molecular complexity index is 835. The lowest BCUT2D eigenvalue weighted by atomic mass is 10.2. The molecule has 136 valence electrons. The quantitative estimate of drug-likeness (QED) is 0.666. The monoisotopic (exact) mass is 371 g/mol. The molecule has 0 fully saturated rings. The molecule has 5 nitrogen and oxygen atoms in total. The van der Waals surface area contributed by atoms with E-state index in [0.717, 1.165) is 22.7 Å². The number of halogens is 1. The molecule has 0 saturated heterocycles. The third-order valence-corrected chi connectivity index (χ3v) is 3.85. The van der Waals surface area contributed by atoms with Gasteiger partial charge in [-0.05, 0) is 30.3 Å². The highest BCUT2D eigenvalue weighted by Crippen LogP contribution is 2.20. The van der Waals surface area contributed by atoms with E-state index in [2.05, 4.69) is 10.6 Å². The summed E-state index contributed by atoms with van der Waals surface area (Å²) in [6.07, 6.45) is 3.90. The molecule has 0 atom stereocenters. The summed E-state index contributed by atoms with van der Waals surface area (Å²) in [7, 11) is 1.64. The number of aromatic nitrogens is 1. The van der Waals surface area contributed by atoms with Gasteiger partial charge in [0.15, 0.2) is 0 Å². The zero-order valence-corrected chi connectivity index (χ0v) is 15.3. The lowest BCUT2D eigenvalue weighted by Crippen LogP contribution is -2.28. The number of para-hydroxylation sites is 3. The van der Waals surface area contributed by atoms with Crippen LogP contribution in [-0.4, -0.2) is 24.1 Å². The first-order valence-electron chi connectivity index (χ1n) is 8.13. The summed E-state index contributed by atoms with van der Waals surface area (Å²) in [6, 6.07) is 19.4. The van der Waals surface area contributed by atoms with E-state index in [1.165, 1.54) is 0 Å². The third kappa shape index (κ3) is 4.88. The van der Waals surface area contributed by atoms with Gasteiger partial charge in [0.1, 0.15) is 5.75 Å². The number of rotatable bonds is 7. The summed E-state index contributed by atoms with van der Waals surface area (Å²) in [6.45, 7) is 0.786. The number of hydrogen-bond acceptors (Lipinski definition) is 3. The number of benzene rings is 2. The van der Waals surface area contributed by atoms with Crippen molar-refractivity contribution in [3.63, 3.8) is 0 Å². The highest BCUT2D eigenvalue weighted by Gasteiger charge is 2.08. The van der Waals surface area contributed by atoms with Gasteiger partial charge in [-0.3, -0.25) is 4.79 Å². The molecule has 6 heteroatoms. The van der Waals surface area contributed by atoms with Gasteiger partial charge in [-0.15, -0.1) is 12.4 Å². The van der Waals surface area contributed by atoms with Gasteiger partial charge in [0.25, 0.3) is 0 Å². The van der Waals surface area contributed by atoms with Gasteiger partial charge in [0, 0.05) is 24.5 Å². The van der Waals surface area contributed by atoms with Gasteiger partial charge in [-0.1, -0.05) is 30.3 Å². The predicted octanol–water partition coefficient (Wildman–Crippen LogP) is 3.64. The molecule has 0 radical (unpaired) electrons. The molecule has 1 aromatic heterocycles. The summed E-state index contributed by atoms with van der Waals surface area (Å²) in [5.41, 5.74) is 2.74. The Kier molecular flexibility index (Phi) is 7.26. The molecule has 0 aliphatic rings. The Morgan fingerprint density at radius 3 is 2.46 bits per heavy atom. The topological polar surface area (TPSA) is 55.3 Å². The van der Waals surface area contributed by atoms with Crippen molar-refractivity contribution in [1.29, 1.82) is 0 Å². The van der Waals surface area contributed by atoms with Crippen LogP contribution in [0.15, 0.2) is 73.1 Å². The number of hydrogen-bond donors (Lipinski definition) is 2. The van der Waals surface area contributed by atoms with Gasteiger partial charge >= 0.3 is 0 Å². The van der Waals surface area contributed by atoms with Crippen molar-refractivity contribution in [3.05, 3.63) is 78.6 Å². The molecule has 2 N–H and O–H groups in total. The van der Waals surface area contributed by atoms with Crippen molar-refractivity contribution in [2.75, 3.05) is 19.0 Å². The summed E-state index contributed by atoms with van der Waals surface area (Å²) in [4.78, 5) is 12.3. The van der Waals surface area contributed by atoms with Gasteiger partial charge < -0.3 is 19.9 Å². The average Bonchev–Trinajstić information content (AvgIpc) is 3.17. The second kappa shape index (κ2) is 9.65. The molecular formula is C20H22ClN3O2. The minimum Gasteiger partial charge on any atom is -0.496 e. The molecule has 3 rings (SSSR count).